The summed E-state index contributed by atoms with van der Waals surface area (Å²) < 4.78 is 0. The van der Waals surface area contributed by atoms with E-state index in [1.165, 1.54) is 0 Å². The normalized spacial score (nSPS) is 10.3. The number of nitrogens with two attached hydrogens (primary N) is 1. The molecule has 5 heteroatoms. The summed E-state index contributed by atoms with van der Waals surface area (Å²) in [5, 5.41) is 6.33. The number of thiazole rings is 1. The number of nitrogen functional groups attached to an aromatic ring is 1. The molecule has 2 aromatic heterocycles. The fraction of sp³-hybridized carbons (Fsp3) is 0.273. The van der Waals surface area contributed by atoms with Gasteiger partial charge in [-0.1, -0.05) is 0 Å². The molecule has 0 saturated carbocycles. The van der Waals surface area contributed by atoms with Gasteiger partial charge in [-0.15, -0.1) is 11.3 Å². The molecule has 0 aliphatic carbocycles. The van der Waals surface area contributed by atoms with E-state index in [4.69, 9.17) is 5.73 Å². The fourth-order valence-electron chi connectivity index (χ4n) is 1.37. The third-order valence-electron chi connectivity index (χ3n) is 2.18. The highest BCUT2D eigenvalue weighted by Gasteiger charge is 2.01. The quantitative estimate of drug-likeness (QED) is 0.850. The molecule has 16 heavy (non-hydrogen) atoms. The second-order valence-electron chi connectivity index (χ2n) is 3.49. The Labute approximate surface area is 98.6 Å². The minimum absolute atomic E-state index is 0.685. The second-order valence-corrected chi connectivity index (χ2v) is 4.47. The van der Waals surface area contributed by atoms with Gasteiger partial charge in [-0.05, 0) is 19.1 Å². The van der Waals surface area contributed by atoms with Crippen LogP contribution in [0, 0.1) is 6.92 Å². The number of aryl methyl sites for hydroxylation is 1. The Hall–Kier alpha value is -1.62. The monoisotopic (exact) mass is 234 g/mol. The van der Waals surface area contributed by atoms with Crippen molar-refractivity contribution in [1.82, 2.24) is 9.97 Å². The van der Waals surface area contributed by atoms with Crippen LogP contribution in [0.15, 0.2) is 23.7 Å². The van der Waals surface area contributed by atoms with Crippen LogP contribution in [-0.4, -0.2) is 16.5 Å². The molecule has 0 atom stereocenters. The number of hydrogen-bond donors (Lipinski definition) is 2. The van der Waals surface area contributed by atoms with Gasteiger partial charge in [-0.2, -0.15) is 0 Å². The lowest BCUT2D eigenvalue weighted by atomic mass is 10.3. The fourth-order valence-corrected chi connectivity index (χ4v) is 1.99. The second kappa shape index (κ2) is 4.94. The zero-order valence-corrected chi connectivity index (χ0v) is 9.92. The highest BCUT2D eigenvalue weighted by atomic mass is 32.1. The molecule has 3 N–H and O–H groups in total. The number of nitrogens with zero attached hydrogens (tertiary/aromatic N) is 2. The van der Waals surface area contributed by atoms with Crippen LogP contribution in [0.25, 0.3) is 0 Å². The number of aromatic nitrogens is 2. The molecule has 2 heterocycles. The summed E-state index contributed by atoms with van der Waals surface area (Å²) in [6, 6.07) is 3.77. The van der Waals surface area contributed by atoms with E-state index in [0.717, 1.165) is 29.5 Å². The molecule has 0 aliphatic heterocycles. The Bertz CT molecular complexity index is 453. The topological polar surface area (TPSA) is 63.8 Å². The van der Waals surface area contributed by atoms with Crippen LogP contribution in [-0.2, 0) is 6.42 Å². The molecule has 0 unspecified atom stereocenters. The van der Waals surface area contributed by atoms with Gasteiger partial charge in [0.05, 0.1) is 10.7 Å². The standard InChI is InChI=1S/C11H14N4S/c1-8-2-3-9(12)11(15-8)14-5-4-10-13-6-7-16-10/h2-3,6-7H,4-5,12H2,1H3,(H,14,15). The van der Waals surface area contributed by atoms with Crippen LogP contribution in [0.1, 0.15) is 10.7 Å². The maximum Gasteiger partial charge on any atom is 0.149 e. The first-order valence-corrected chi connectivity index (χ1v) is 5.99. The minimum Gasteiger partial charge on any atom is -0.396 e. The van der Waals surface area contributed by atoms with Gasteiger partial charge in [-0.3, -0.25) is 0 Å². The van der Waals surface area contributed by atoms with Gasteiger partial charge >= 0.3 is 0 Å². The third-order valence-corrected chi connectivity index (χ3v) is 3.02. The van der Waals surface area contributed by atoms with Gasteiger partial charge in [0.1, 0.15) is 5.82 Å². The lowest BCUT2D eigenvalue weighted by Gasteiger charge is -2.07. The van der Waals surface area contributed by atoms with Crippen molar-refractivity contribution in [2.75, 3.05) is 17.6 Å². The van der Waals surface area contributed by atoms with Crippen molar-refractivity contribution in [2.45, 2.75) is 13.3 Å². The highest BCUT2D eigenvalue weighted by Crippen LogP contribution is 2.15. The lowest BCUT2D eigenvalue weighted by molar-refractivity contribution is 0.985. The van der Waals surface area contributed by atoms with Crippen LogP contribution in [0.2, 0.25) is 0 Å². The number of nitrogens with one attached hydrogen (secondary N) is 1. The molecule has 0 aliphatic rings. The third kappa shape index (κ3) is 2.70. The van der Waals surface area contributed by atoms with Crippen LogP contribution in [0.5, 0.6) is 0 Å². The first-order valence-electron chi connectivity index (χ1n) is 5.11. The average molecular weight is 234 g/mol. The van der Waals surface area contributed by atoms with Crippen LogP contribution < -0.4 is 11.1 Å². The van der Waals surface area contributed by atoms with Crippen molar-refractivity contribution in [3.8, 4) is 0 Å². The van der Waals surface area contributed by atoms with E-state index in [-0.39, 0.29) is 0 Å². The van der Waals surface area contributed by atoms with Crippen molar-refractivity contribution in [3.05, 3.63) is 34.4 Å². The van der Waals surface area contributed by atoms with Crippen molar-refractivity contribution < 1.29 is 0 Å². The number of pyridine rings is 1. The highest BCUT2D eigenvalue weighted by molar-refractivity contribution is 7.09. The zero-order chi connectivity index (χ0) is 11.4. The first kappa shape index (κ1) is 10.9. The summed E-state index contributed by atoms with van der Waals surface area (Å²) in [6.07, 6.45) is 2.71. The van der Waals surface area contributed by atoms with E-state index in [1.54, 1.807) is 11.3 Å². The Kier molecular flexibility index (Phi) is 3.36. The Morgan fingerprint density at radius 2 is 2.31 bits per heavy atom. The van der Waals surface area contributed by atoms with Gasteiger partial charge in [-0.25, -0.2) is 9.97 Å². The maximum absolute atomic E-state index is 5.81. The van der Waals surface area contributed by atoms with Crippen LogP contribution in [0.4, 0.5) is 11.5 Å². The van der Waals surface area contributed by atoms with Gasteiger partial charge < -0.3 is 11.1 Å². The van der Waals surface area contributed by atoms with Gasteiger partial charge in [0.25, 0.3) is 0 Å². The Morgan fingerprint density at radius 3 is 3.06 bits per heavy atom. The summed E-state index contributed by atoms with van der Waals surface area (Å²) in [5.41, 5.74) is 7.46. The SMILES string of the molecule is Cc1ccc(N)c(NCCc2nccs2)n1. The molecule has 0 spiro atoms. The summed E-state index contributed by atoms with van der Waals surface area (Å²) in [7, 11) is 0. The van der Waals surface area contributed by atoms with E-state index in [0.29, 0.717) is 5.69 Å². The Morgan fingerprint density at radius 1 is 1.44 bits per heavy atom. The molecule has 84 valence electrons. The molecule has 0 saturated heterocycles. The van der Waals surface area contributed by atoms with E-state index in [9.17, 15) is 0 Å². The summed E-state index contributed by atoms with van der Waals surface area (Å²) in [5.74, 6) is 0.761. The summed E-state index contributed by atoms with van der Waals surface area (Å²) >= 11 is 1.66. The number of anilines is 2. The molecule has 0 bridgehead atoms. The van der Waals surface area contributed by atoms with Crippen molar-refractivity contribution in [1.29, 1.82) is 0 Å². The summed E-state index contributed by atoms with van der Waals surface area (Å²) in [4.78, 5) is 8.55. The molecule has 0 radical (unpaired) electrons. The van der Waals surface area contributed by atoms with Crippen molar-refractivity contribution >= 4 is 22.8 Å². The predicted molar refractivity (Wildman–Crippen MR) is 67.7 cm³/mol. The predicted octanol–water partition coefficient (Wildman–Crippen LogP) is 2.08. The van der Waals surface area contributed by atoms with E-state index in [2.05, 4.69) is 15.3 Å². The van der Waals surface area contributed by atoms with Crippen molar-refractivity contribution in [3.63, 3.8) is 0 Å². The molecule has 0 aromatic carbocycles. The molecular formula is C11H14N4S. The van der Waals surface area contributed by atoms with E-state index < -0.39 is 0 Å². The molecular weight excluding hydrogens is 220 g/mol. The molecule has 0 fully saturated rings. The number of rotatable bonds is 4. The van der Waals surface area contributed by atoms with Crippen molar-refractivity contribution in [2.24, 2.45) is 0 Å². The lowest BCUT2D eigenvalue weighted by Crippen LogP contribution is -2.08. The average Bonchev–Trinajstić information content (AvgIpc) is 2.76. The zero-order valence-electron chi connectivity index (χ0n) is 9.10. The van der Waals surface area contributed by atoms with E-state index >= 15 is 0 Å². The maximum atomic E-state index is 5.81. The van der Waals surface area contributed by atoms with Gasteiger partial charge in [0.15, 0.2) is 0 Å². The number of hydrogen-bond acceptors (Lipinski definition) is 5. The minimum atomic E-state index is 0.685. The Balaban J connectivity index is 1.92. The van der Waals surface area contributed by atoms with Crippen LogP contribution in [0.3, 0.4) is 0 Å². The summed E-state index contributed by atoms with van der Waals surface area (Å²) in [6.45, 7) is 2.75. The molecule has 0 amide bonds. The van der Waals surface area contributed by atoms with E-state index in [1.807, 2.05) is 30.6 Å². The molecule has 2 rings (SSSR count). The smallest absolute Gasteiger partial charge is 0.149 e. The van der Waals surface area contributed by atoms with Crippen LogP contribution >= 0.6 is 11.3 Å². The molecule has 4 nitrogen and oxygen atoms in total. The largest absolute Gasteiger partial charge is 0.396 e. The van der Waals surface area contributed by atoms with Gasteiger partial charge in [0, 0.05) is 30.2 Å². The first-order chi connectivity index (χ1) is 7.75. The van der Waals surface area contributed by atoms with Gasteiger partial charge in [0.2, 0.25) is 0 Å². The molecule has 2 aromatic rings.